The van der Waals surface area contributed by atoms with E-state index in [9.17, 15) is 4.79 Å². The van der Waals surface area contributed by atoms with Gasteiger partial charge in [0.05, 0.1) is 13.7 Å². The number of nitrogens with zero attached hydrogens (tertiary/aromatic N) is 3. The summed E-state index contributed by atoms with van der Waals surface area (Å²) in [4.78, 5) is 19.4. The number of benzene rings is 2. The molecule has 1 aromatic heterocycles. The van der Waals surface area contributed by atoms with E-state index in [1.165, 1.54) is 0 Å². The molecule has 0 aliphatic carbocycles. The summed E-state index contributed by atoms with van der Waals surface area (Å²) >= 11 is 0. The van der Waals surface area contributed by atoms with Crippen molar-refractivity contribution in [1.29, 1.82) is 0 Å². The number of carbonyl (C=O) groups excluding carboxylic acids is 1. The highest BCUT2D eigenvalue weighted by Gasteiger charge is 2.21. The van der Waals surface area contributed by atoms with Crippen molar-refractivity contribution in [2.45, 2.75) is 19.5 Å². The molecule has 0 N–H and O–H groups in total. The molecule has 0 saturated heterocycles. The van der Waals surface area contributed by atoms with Gasteiger partial charge in [0, 0.05) is 36.6 Å². The largest absolute Gasteiger partial charge is 0.493 e. The molecule has 0 fully saturated rings. The van der Waals surface area contributed by atoms with Gasteiger partial charge in [0.1, 0.15) is 12.4 Å². The summed E-state index contributed by atoms with van der Waals surface area (Å²) in [7, 11) is 1.63. The van der Waals surface area contributed by atoms with Crippen LogP contribution in [0, 0.1) is 0 Å². The number of methoxy groups -OCH3 is 1. The van der Waals surface area contributed by atoms with E-state index in [0.29, 0.717) is 25.4 Å². The molecule has 2 aromatic carbocycles. The lowest BCUT2D eigenvalue weighted by Gasteiger charge is -2.27. The number of para-hydroxylation sites is 1. The minimum Gasteiger partial charge on any atom is -0.493 e. The Hall–Kier alpha value is -3.28. The molecule has 0 unspecified atom stereocenters. The number of carbonyl (C=O) groups is 1. The number of fused-ring (bicyclic) bond motifs is 1. The Balaban J connectivity index is 1.55. The van der Waals surface area contributed by atoms with E-state index in [1.807, 2.05) is 64.2 Å². The Labute approximate surface area is 164 Å². The lowest BCUT2D eigenvalue weighted by molar-refractivity contribution is -0.132. The van der Waals surface area contributed by atoms with Crippen molar-refractivity contribution in [3.8, 4) is 22.9 Å². The first-order chi connectivity index (χ1) is 13.8. The maximum atomic E-state index is 13.1. The van der Waals surface area contributed by atoms with Crippen molar-refractivity contribution in [2.24, 2.45) is 0 Å². The Morgan fingerprint density at radius 3 is 2.86 bits per heavy atom. The van der Waals surface area contributed by atoms with Crippen LogP contribution in [0.2, 0.25) is 0 Å². The topological polar surface area (TPSA) is 56.6 Å². The average molecular weight is 377 g/mol. The molecule has 6 nitrogen and oxygen atoms in total. The molecule has 1 aliphatic rings. The minimum absolute atomic E-state index is 0.0610. The molecule has 0 radical (unpaired) electrons. The van der Waals surface area contributed by atoms with E-state index >= 15 is 0 Å². The van der Waals surface area contributed by atoms with E-state index in [2.05, 4.69) is 4.98 Å². The Morgan fingerprint density at radius 1 is 1.18 bits per heavy atom. The number of amides is 1. The van der Waals surface area contributed by atoms with Crippen molar-refractivity contribution in [1.82, 2.24) is 14.5 Å². The first-order valence-corrected chi connectivity index (χ1v) is 9.39. The van der Waals surface area contributed by atoms with Crippen LogP contribution in [0.25, 0.3) is 11.4 Å². The van der Waals surface area contributed by atoms with Crippen LogP contribution in [0.4, 0.5) is 0 Å². The summed E-state index contributed by atoms with van der Waals surface area (Å²) in [6.07, 6.45) is 4.36. The highest BCUT2D eigenvalue weighted by molar-refractivity contribution is 5.77. The zero-order valence-corrected chi connectivity index (χ0v) is 15.9. The van der Waals surface area contributed by atoms with Gasteiger partial charge in [-0.05, 0) is 12.5 Å². The average Bonchev–Trinajstić information content (AvgIpc) is 3.16. The van der Waals surface area contributed by atoms with Gasteiger partial charge in [-0.25, -0.2) is 4.98 Å². The molecule has 3 aromatic rings. The summed E-state index contributed by atoms with van der Waals surface area (Å²) < 4.78 is 13.2. The van der Waals surface area contributed by atoms with E-state index in [4.69, 9.17) is 9.47 Å². The molecule has 2 heterocycles. The molecule has 4 rings (SSSR count). The smallest absolute Gasteiger partial charge is 0.242 e. The fourth-order valence-electron chi connectivity index (χ4n) is 3.47. The number of rotatable bonds is 4. The van der Waals surface area contributed by atoms with Crippen LogP contribution in [-0.4, -0.2) is 40.6 Å². The van der Waals surface area contributed by atoms with Gasteiger partial charge in [-0.1, -0.05) is 42.5 Å². The summed E-state index contributed by atoms with van der Waals surface area (Å²) in [5, 5.41) is 0. The first kappa shape index (κ1) is 18.1. The second kappa shape index (κ2) is 8.17. The van der Waals surface area contributed by atoms with E-state index in [1.54, 1.807) is 13.3 Å². The third-order valence-corrected chi connectivity index (χ3v) is 4.87. The van der Waals surface area contributed by atoms with E-state index in [0.717, 1.165) is 29.1 Å². The zero-order chi connectivity index (χ0) is 19.3. The molecule has 144 valence electrons. The summed E-state index contributed by atoms with van der Waals surface area (Å²) in [6, 6.07) is 15.7. The maximum absolute atomic E-state index is 13.1. The molecule has 0 bridgehead atoms. The van der Waals surface area contributed by atoms with E-state index < -0.39 is 0 Å². The Morgan fingerprint density at radius 2 is 2.04 bits per heavy atom. The highest BCUT2D eigenvalue weighted by Crippen LogP contribution is 2.33. The van der Waals surface area contributed by atoms with Crippen molar-refractivity contribution >= 4 is 5.91 Å². The summed E-state index contributed by atoms with van der Waals surface area (Å²) in [5.41, 5.74) is 1.96. The van der Waals surface area contributed by atoms with Gasteiger partial charge >= 0.3 is 0 Å². The monoisotopic (exact) mass is 377 g/mol. The molecule has 28 heavy (non-hydrogen) atoms. The van der Waals surface area contributed by atoms with Crippen molar-refractivity contribution in [3.05, 3.63) is 66.5 Å². The SMILES string of the molecule is COc1cccc2c1OCCCN(C(=O)Cn1ccnc1-c1ccccc1)C2. The number of aromatic nitrogens is 2. The van der Waals surface area contributed by atoms with Crippen LogP contribution in [-0.2, 0) is 17.9 Å². The van der Waals surface area contributed by atoms with Gasteiger partial charge in [0.25, 0.3) is 0 Å². The normalized spacial score (nSPS) is 13.8. The second-order valence-electron chi connectivity index (χ2n) is 6.71. The van der Waals surface area contributed by atoms with Crippen LogP contribution < -0.4 is 9.47 Å². The number of hydrogen-bond acceptors (Lipinski definition) is 4. The van der Waals surface area contributed by atoms with Crippen molar-refractivity contribution < 1.29 is 14.3 Å². The third-order valence-electron chi connectivity index (χ3n) is 4.87. The van der Waals surface area contributed by atoms with Gasteiger partial charge < -0.3 is 18.9 Å². The fourth-order valence-corrected chi connectivity index (χ4v) is 3.47. The molecule has 0 atom stereocenters. The zero-order valence-electron chi connectivity index (χ0n) is 15.9. The molecular formula is C22H23N3O3. The highest BCUT2D eigenvalue weighted by atomic mass is 16.5. The van der Waals surface area contributed by atoms with Crippen LogP contribution >= 0.6 is 0 Å². The molecule has 1 aliphatic heterocycles. The minimum atomic E-state index is 0.0610. The molecule has 0 saturated carbocycles. The predicted molar refractivity (Wildman–Crippen MR) is 106 cm³/mol. The van der Waals surface area contributed by atoms with E-state index in [-0.39, 0.29) is 12.5 Å². The quantitative estimate of drug-likeness (QED) is 0.700. The lowest BCUT2D eigenvalue weighted by Crippen LogP contribution is -2.36. The summed E-state index contributed by atoms with van der Waals surface area (Å²) in [6.45, 7) is 1.97. The summed E-state index contributed by atoms with van der Waals surface area (Å²) in [5.74, 6) is 2.29. The van der Waals surface area contributed by atoms with Gasteiger partial charge in [0.2, 0.25) is 5.91 Å². The van der Waals surface area contributed by atoms with Crippen LogP contribution in [0.5, 0.6) is 11.5 Å². The number of imidazole rings is 1. The van der Waals surface area contributed by atoms with Crippen LogP contribution in [0.15, 0.2) is 60.9 Å². The standard InChI is InChI=1S/C22H23N3O3/c1-27-19-10-5-9-18-15-24(12-6-14-28-21(18)19)20(26)16-25-13-11-23-22(25)17-7-3-2-4-8-17/h2-5,7-11,13H,6,12,14-16H2,1H3. The predicted octanol–water partition coefficient (Wildman–Crippen LogP) is 3.37. The van der Waals surface area contributed by atoms with Crippen molar-refractivity contribution in [2.75, 3.05) is 20.3 Å². The molecular weight excluding hydrogens is 354 g/mol. The molecule has 1 amide bonds. The van der Waals surface area contributed by atoms with Crippen molar-refractivity contribution in [3.63, 3.8) is 0 Å². The van der Waals surface area contributed by atoms with Gasteiger partial charge in [-0.3, -0.25) is 4.79 Å². The van der Waals surface area contributed by atoms with Gasteiger partial charge in [0.15, 0.2) is 11.5 Å². The van der Waals surface area contributed by atoms with Crippen LogP contribution in [0.3, 0.4) is 0 Å². The van der Waals surface area contributed by atoms with Gasteiger partial charge in [-0.15, -0.1) is 0 Å². The fraction of sp³-hybridized carbons (Fsp3) is 0.273. The molecule has 6 heteroatoms. The molecule has 0 spiro atoms. The third kappa shape index (κ3) is 3.71. The first-order valence-electron chi connectivity index (χ1n) is 9.39. The number of ether oxygens (including phenoxy) is 2. The van der Waals surface area contributed by atoms with Crippen LogP contribution in [0.1, 0.15) is 12.0 Å². The lowest BCUT2D eigenvalue weighted by atomic mass is 10.1. The van der Waals surface area contributed by atoms with Gasteiger partial charge in [-0.2, -0.15) is 0 Å². The maximum Gasteiger partial charge on any atom is 0.242 e. The Bertz CT molecular complexity index is 953. The number of hydrogen-bond donors (Lipinski definition) is 0. The second-order valence-corrected chi connectivity index (χ2v) is 6.71. The Kier molecular flexibility index (Phi) is 5.28.